The third kappa shape index (κ3) is 3.40. The summed E-state index contributed by atoms with van der Waals surface area (Å²) < 4.78 is 6.88. The predicted molar refractivity (Wildman–Crippen MR) is 165 cm³/mol. The average molecular weight is 499 g/mol. The van der Waals surface area contributed by atoms with Gasteiger partial charge in [-0.2, -0.15) is 0 Å². The predicted octanol–water partition coefficient (Wildman–Crippen LogP) is 10.8. The van der Waals surface area contributed by atoms with E-state index in [1.54, 1.807) is 0 Å². The summed E-state index contributed by atoms with van der Waals surface area (Å²) in [6, 6.07) is 41.6. The monoisotopic (exact) mass is 498 g/mol. The Balaban J connectivity index is 1.48. The lowest BCUT2D eigenvalue weighted by Crippen LogP contribution is -1.96. The van der Waals surface area contributed by atoms with Crippen LogP contribution in [0.1, 0.15) is 17.9 Å². The zero-order valence-electron chi connectivity index (χ0n) is 21.5. The van der Waals surface area contributed by atoms with Crippen molar-refractivity contribution in [1.82, 2.24) is 0 Å². The van der Waals surface area contributed by atoms with Crippen LogP contribution in [0.5, 0.6) is 0 Å². The summed E-state index contributed by atoms with van der Waals surface area (Å²) >= 11 is 0. The number of fused-ring (bicyclic) bond motifs is 5. The van der Waals surface area contributed by atoms with Gasteiger partial charge >= 0.3 is 0 Å². The molecule has 1 nitrogen and oxygen atoms in total. The van der Waals surface area contributed by atoms with Crippen molar-refractivity contribution >= 4 is 43.5 Å². The molecule has 7 aromatic rings. The van der Waals surface area contributed by atoms with Crippen LogP contribution in [0.4, 0.5) is 0 Å². The van der Waals surface area contributed by atoms with Crippen LogP contribution in [0.25, 0.3) is 65.7 Å². The molecular weight excluding hydrogens is 472 g/mol. The normalized spacial score (nSPS) is 15.1. The lowest BCUT2D eigenvalue weighted by Gasteiger charge is -2.17. The molecule has 0 radical (unpaired) electrons. The zero-order valence-corrected chi connectivity index (χ0v) is 21.5. The highest BCUT2D eigenvalue weighted by molar-refractivity contribution is 6.24. The highest BCUT2D eigenvalue weighted by atomic mass is 16.3. The van der Waals surface area contributed by atoms with Gasteiger partial charge < -0.3 is 4.42 Å². The maximum absolute atomic E-state index is 6.88. The Morgan fingerprint density at radius 1 is 0.487 bits per heavy atom. The van der Waals surface area contributed by atoms with E-state index in [4.69, 9.17) is 4.42 Å². The van der Waals surface area contributed by atoms with E-state index in [1.165, 1.54) is 54.6 Å². The van der Waals surface area contributed by atoms with E-state index >= 15 is 0 Å². The van der Waals surface area contributed by atoms with Crippen molar-refractivity contribution in [2.45, 2.75) is 12.3 Å². The number of furan rings is 1. The lowest BCUT2D eigenvalue weighted by atomic mass is 9.85. The Kier molecular flexibility index (Phi) is 5.03. The van der Waals surface area contributed by atoms with Crippen LogP contribution in [0.2, 0.25) is 0 Å². The minimum Gasteiger partial charge on any atom is -0.455 e. The first-order chi connectivity index (χ1) is 19.4. The van der Waals surface area contributed by atoms with Crippen LogP contribution >= 0.6 is 0 Å². The van der Waals surface area contributed by atoms with Crippen LogP contribution in [-0.4, -0.2) is 0 Å². The molecule has 1 heterocycles. The van der Waals surface area contributed by atoms with Gasteiger partial charge in [-0.15, -0.1) is 0 Å². The van der Waals surface area contributed by atoms with Gasteiger partial charge in [-0.1, -0.05) is 140 Å². The summed E-state index contributed by atoms with van der Waals surface area (Å²) in [4.78, 5) is 0. The first kappa shape index (κ1) is 22.1. The van der Waals surface area contributed by atoms with Crippen LogP contribution in [0.3, 0.4) is 0 Å². The molecule has 1 aliphatic rings. The Labute approximate surface area is 227 Å². The molecule has 0 saturated heterocycles. The Hall–Kier alpha value is -4.88. The Morgan fingerprint density at radius 3 is 1.74 bits per heavy atom. The molecule has 39 heavy (non-hydrogen) atoms. The Bertz CT molecular complexity index is 2030. The van der Waals surface area contributed by atoms with E-state index in [0.717, 1.165) is 23.2 Å². The molecule has 6 aromatic carbocycles. The van der Waals surface area contributed by atoms with Crippen molar-refractivity contribution in [2.75, 3.05) is 0 Å². The summed E-state index contributed by atoms with van der Waals surface area (Å²) in [5, 5.41) is 7.34. The molecule has 0 saturated carbocycles. The maximum atomic E-state index is 6.88. The number of para-hydroxylation sites is 2. The average Bonchev–Trinajstić information content (AvgIpc) is 3.40. The molecule has 0 N–H and O–H groups in total. The molecule has 1 aromatic heterocycles. The van der Waals surface area contributed by atoms with Crippen molar-refractivity contribution in [2.24, 2.45) is 0 Å². The molecular formula is C38H26O. The Morgan fingerprint density at radius 2 is 1.08 bits per heavy atom. The van der Waals surface area contributed by atoms with Gasteiger partial charge in [0.25, 0.3) is 0 Å². The molecule has 0 spiro atoms. The lowest BCUT2D eigenvalue weighted by molar-refractivity contribution is 0.658. The molecule has 0 fully saturated rings. The molecule has 0 amide bonds. The van der Waals surface area contributed by atoms with Crippen molar-refractivity contribution in [1.29, 1.82) is 0 Å². The van der Waals surface area contributed by atoms with E-state index in [9.17, 15) is 0 Å². The molecule has 0 aliphatic heterocycles. The van der Waals surface area contributed by atoms with E-state index in [-0.39, 0.29) is 0 Å². The topological polar surface area (TPSA) is 13.1 Å². The van der Waals surface area contributed by atoms with Crippen LogP contribution in [-0.2, 0) is 0 Å². The van der Waals surface area contributed by atoms with E-state index in [2.05, 4.69) is 140 Å². The van der Waals surface area contributed by atoms with Gasteiger partial charge in [0.1, 0.15) is 11.2 Å². The van der Waals surface area contributed by atoms with Gasteiger partial charge in [-0.3, -0.25) is 0 Å². The van der Waals surface area contributed by atoms with Crippen molar-refractivity contribution < 1.29 is 4.42 Å². The van der Waals surface area contributed by atoms with Gasteiger partial charge in [-0.05, 0) is 39.1 Å². The van der Waals surface area contributed by atoms with E-state index in [0.29, 0.717) is 5.92 Å². The van der Waals surface area contributed by atoms with Gasteiger partial charge in [0.15, 0.2) is 0 Å². The SMILES string of the molecule is C1=CCC(c2cccc3c2oc2c(-c4c5ccccc5c(-c5ccccc5)c5ccccc45)cccc23)C=C1. The van der Waals surface area contributed by atoms with Crippen molar-refractivity contribution in [3.05, 3.63) is 145 Å². The largest absolute Gasteiger partial charge is 0.455 e. The number of benzene rings is 6. The van der Waals surface area contributed by atoms with Gasteiger partial charge in [-0.25, -0.2) is 0 Å². The zero-order chi connectivity index (χ0) is 25.8. The van der Waals surface area contributed by atoms with Crippen molar-refractivity contribution in [3.63, 3.8) is 0 Å². The summed E-state index contributed by atoms with van der Waals surface area (Å²) in [7, 11) is 0. The maximum Gasteiger partial charge on any atom is 0.143 e. The summed E-state index contributed by atoms with van der Waals surface area (Å²) in [6.07, 6.45) is 9.79. The standard InChI is InChI=1S/C38H26O/c1-3-13-25(14-4-1)27-21-11-22-32-33-23-12-24-34(38(33)39-37(27)32)36-30-19-9-7-17-28(30)35(26-15-5-2-6-16-26)29-18-8-10-20-31(29)36/h1-13,15-25H,14H2. The highest BCUT2D eigenvalue weighted by Crippen LogP contribution is 2.47. The molecule has 184 valence electrons. The number of hydrogen-bond acceptors (Lipinski definition) is 1. The number of rotatable bonds is 3. The van der Waals surface area contributed by atoms with E-state index < -0.39 is 0 Å². The second kappa shape index (κ2) is 8.85. The van der Waals surface area contributed by atoms with Crippen LogP contribution in [0.15, 0.2) is 144 Å². The van der Waals surface area contributed by atoms with Crippen LogP contribution in [0, 0.1) is 0 Å². The van der Waals surface area contributed by atoms with E-state index in [1.807, 2.05) is 0 Å². The minimum atomic E-state index is 0.328. The molecule has 0 bridgehead atoms. The summed E-state index contributed by atoms with van der Waals surface area (Å²) in [5.74, 6) is 0.328. The van der Waals surface area contributed by atoms with Crippen molar-refractivity contribution in [3.8, 4) is 22.3 Å². The molecule has 1 atom stereocenters. The molecule has 1 aliphatic carbocycles. The highest BCUT2D eigenvalue weighted by Gasteiger charge is 2.22. The van der Waals surface area contributed by atoms with Crippen LogP contribution < -0.4 is 0 Å². The quantitative estimate of drug-likeness (QED) is 0.221. The van der Waals surface area contributed by atoms with Gasteiger partial charge in [0.05, 0.1) is 0 Å². The second-order valence-corrected chi connectivity index (χ2v) is 10.4. The summed E-state index contributed by atoms with van der Waals surface area (Å²) in [6.45, 7) is 0. The number of allylic oxidation sites excluding steroid dienone is 4. The molecule has 1 heteroatoms. The fourth-order valence-corrected chi connectivity index (χ4v) is 6.48. The third-order valence-corrected chi connectivity index (χ3v) is 8.20. The third-order valence-electron chi connectivity index (χ3n) is 8.20. The fraction of sp³-hybridized carbons (Fsp3) is 0.0526. The second-order valence-electron chi connectivity index (χ2n) is 10.4. The first-order valence-corrected chi connectivity index (χ1v) is 13.7. The smallest absolute Gasteiger partial charge is 0.143 e. The minimum absolute atomic E-state index is 0.328. The van der Waals surface area contributed by atoms with Gasteiger partial charge in [0, 0.05) is 33.4 Å². The summed E-state index contributed by atoms with van der Waals surface area (Å²) in [5.41, 5.74) is 8.09. The fourth-order valence-electron chi connectivity index (χ4n) is 6.48. The molecule has 1 unspecified atom stereocenters. The molecule has 8 rings (SSSR count). The number of hydrogen-bond donors (Lipinski definition) is 0. The first-order valence-electron chi connectivity index (χ1n) is 13.7. The van der Waals surface area contributed by atoms with Gasteiger partial charge in [0.2, 0.25) is 0 Å².